The number of nitrogens with one attached hydrogen (secondary N) is 2. The quantitative estimate of drug-likeness (QED) is 0.147. The third-order valence-electron chi connectivity index (χ3n) is 7.66. The first-order valence-electron chi connectivity index (χ1n) is 14.2. The van der Waals surface area contributed by atoms with Gasteiger partial charge < -0.3 is 15.6 Å². The lowest BCUT2D eigenvalue weighted by atomic mass is 9.97. The zero-order valence-electron chi connectivity index (χ0n) is 23.8. The van der Waals surface area contributed by atoms with E-state index >= 15 is 0 Å². The molecule has 7 heteroatoms. The number of nitrogens with two attached hydrogens (primary N) is 1. The summed E-state index contributed by atoms with van der Waals surface area (Å²) >= 11 is 0. The third-order valence-corrected chi connectivity index (χ3v) is 7.66. The van der Waals surface area contributed by atoms with Crippen LogP contribution in [-0.2, 0) is 6.42 Å². The molecule has 6 nitrogen and oxygen atoms in total. The first-order chi connectivity index (χ1) is 19.8. The van der Waals surface area contributed by atoms with Gasteiger partial charge in [-0.1, -0.05) is 18.7 Å². The van der Waals surface area contributed by atoms with Crippen molar-refractivity contribution in [2.75, 3.05) is 19.6 Å². The Bertz CT molecular complexity index is 1660. The van der Waals surface area contributed by atoms with Gasteiger partial charge in [0.1, 0.15) is 11.5 Å². The van der Waals surface area contributed by atoms with Crippen LogP contribution in [0.1, 0.15) is 48.6 Å². The zero-order chi connectivity index (χ0) is 28.9. The minimum absolute atomic E-state index is 0.216. The van der Waals surface area contributed by atoms with Gasteiger partial charge in [-0.3, -0.25) is 10.4 Å². The molecule has 0 unspecified atom stereocenters. The first kappa shape index (κ1) is 28.2. The summed E-state index contributed by atoms with van der Waals surface area (Å²) in [7, 11) is 0. The maximum absolute atomic E-state index is 14.8. The molecule has 0 amide bonds. The number of aryl methyl sites for hydroxylation is 2. The van der Waals surface area contributed by atoms with Crippen LogP contribution in [0.2, 0.25) is 0 Å². The van der Waals surface area contributed by atoms with Crippen molar-refractivity contribution in [2.24, 2.45) is 5.73 Å². The predicted octanol–water partition coefficient (Wildman–Crippen LogP) is 6.97. The molecule has 4 heterocycles. The second-order valence-corrected chi connectivity index (χ2v) is 10.8. The molecule has 0 spiro atoms. The molecule has 3 aromatic heterocycles. The first-order valence-corrected chi connectivity index (χ1v) is 14.2. The Morgan fingerprint density at radius 2 is 1.98 bits per heavy atom. The van der Waals surface area contributed by atoms with Crippen LogP contribution < -0.4 is 5.73 Å². The van der Waals surface area contributed by atoms with Gasteiger partial charge in [0.15, 0.2) is 0 Å². The zero-order valence-corrected chi connectivity index (χ0v) is 23.8. The number of H-pyrrole nitrogens is 1. The molecule has 4 N–H and O–H groups in total. The van der Waals surface area contributed by atoms with Gasteiger partial charge in [-0.25, -0.2) is 9.37 Å². The van der Waals surface area contributed by atoms with Crippen LogP contribution in [0.15, 0.2) is 85.0 Å². The number of fused-ring (bicyclic) bond motifs is 1. The fourth-order valence-corrected chi connectivity index (χ4v) is 5.47. The van der Waals surface area contributed by atoms with E-state index in [4.69, 9.17) is 11.1 Å². The fraction of sp³-hybridized carbons (Fsp3) is 0.265. The fourth-order valence-electron chi connectivity index (χ4n) is 5.47. The van der Waals surface area contributed by atoms with Crippen LogP contribution in [0.5, 0.6) is 0 Å². The molecule has 5 rings (SSSR count). The minimum atomic E-state index is -0.248. The molecular weight excluding hydrogens is 511 g/mol. The molecule has 0 radical (unpaired) electrons. The van der Waals surface area contributed by atoms with Crippen molar-refractivity contribution < 1.29 is 4.39 Å². The van der Waals surface area contributed by atoms with Crippen LogP contribution in [-0.4, -0.2) is 45.2 Å². The monoisotopic (exact) mass is 548 g/mol. The highest BCUT2D eigenvalue weighted by Crippen LogP contribution is 2.31. The summed E-state index contributed by atoms with van der Waals surface area (Å²) < 4.78 is 14.8. The van der Waals surface area contributed by atoms with E-state index in [1.165, 1.54) is 25.9 Å². The highest BCUT2D eigenvalue weighted by Gasteiger charge is 2.17. The maximum Gasteiger partial charge on any atom is 0.138 e. The van der Waals surface area contributed by atoms with Crippen molar-refractivity contribution in [3.63, 3.8) is 0 Å². The normalized spacial score (nSPS) is 14.6. The SMILES string of the molecule is C=C(/C=C(C(=N)c1cc2c(-c3cc(F)cc(CCCN4CCCC4)c3)ccnc2[nH]1)\C(N)=C/C)c1cncc(C)c1. The number of allylic oxidation sites excluding steroid dienone is 4. The molecule has 0 saturated carbocycles. The van der Waals surface area contributed by atoms with Crippen molar-refractivity contribution in [1.29, 1.82) is 5.41 Å². The Morgan fingerprint density at radius 1 is 1.17 bits per heavy atom. The van der Waals surface area contributed by atoms with Gasteiger partial charge >= 0.3 is 0 Å². The van der Waals surface area contributed by atoms with Crippen LogP contribution >= 0.6 is 0 Å². The number of likely N-dealkylation sites (tertiary alicyclic amines) is 1. The summed E-state index contributed by atoms with van der Waals surface area (Å²) in [5, 5.41) is 9.89. The van der Waals surface area contributed by atoms with E-state index in [0.29, 0.717) is 28.2 Å². The highest BCUT2D eigenvalue weighted by atomic mass is 19.1. The third kappa shape index (κ3) is 6.52. The summed E-state index contributed by atoms with van der Waals surface area (Å²) in [6.07, 6.45) is 13.2. The van der Waals surface area contributed by atoms with Gasteiger partial charge in [0.05, 0.1) is 11.4 Å². The van der Waals surface area contributed by atoms with Gasteiger partial charge in [0.2, 0.25) is 0 Å². The minimum Gasteiger partial charge on any atom is -0.398 e. The van der Waals surface area contributed by atoms with E-state index in [9.17, 15) is 4.39 Å². The standard InChI is InChI=1S/C34H37FN6/c1-4-31(36)30(15-23(3)26-14-22(2)20-38-21-26)33(37)32-19-29-28(9-10-39-34(29)40-32)25-16-24(17-27(35)18-25)8-7-13-41-11-5-6-12-41/h4,9-10,14-21,37H,3,5-8,11-13,36H2,1-2H3,(H,39,40)/b30-15+,31-4+,37-33?. The number of hydrogen-bond donors (Lipinski definition) is 3. The van der Waals surface area contributed by atoms with Gasteiger partial charge in [-0.05, 0) is 129 Å². The lowest BCUT2D eigenvalue weighted by Crippen LogP contribution is -2.20. The molecule has 1 aliphatic rings. The van der Waals surface area contributed by atoms with Crippen LogP contribution in [0.3, 0.4) is 0 Å². The molecule has 210 valence electrons. The van der Waals surface area contributed by atoms with Crippen molar-refractivity contribution >= 4 is 22.3 Å². The number of benzene rings is 1. The number of halogens is 1. The molecule has 0 bridgehead atoms. The lowest BCUT2D eigenvalue weighted by Gasteiger charge is -2.14. The van der Waals surface area contributed by atoms with Crippen molar-refractivity contribution in [3.8, 4) is 11.1 Å². The Hall–Kier alpha value is -4.36. The number of nitrogens with zero attached hydrogens (tertiary/aromatic N) is 3. The molecule has 4 aromatic rings. The number of pyridine rings is 2. The smallest absolute Gasteiger partial charge is 0.138 e. The average Bonchev–Trinajstić information content (AvgIpc) is 3.65. The molecule has 0 atom stereocenters. The molecule has 1 saturated heterocycles. The summed E-state index contributed by atoms with van der Waals surface area (Å²) in [5.41, 5.74) is 14.0. The van der Waals surface area contributed by atoms with Crippen molar-refractivity contribution in [2.45, 2.75) is 39.5 Å². The summed E-state index contributed by atoms with van der Waals surface area (Å²) in [4.78, 5) is 14.5. The van der Waals surface area contributed by atoms with E-state index in [2.05, 4.69) is 32.5 Å². The average molecular weight is 549 g/mol. The summed E-state index contributed by atoms with van der Waals surface area (Å²) in [6, 6.07) is 11.1. The van der Waals surface area contributed by atoms with Gasteiger partial charge in [0.25, 0.3) is 0 Å². The lowest BCUT2D eigenvalue weighted by molar-refractivity contribution is 0.334. The van der Waals surface area contributed by atoms with Crippen molar-refractivity contribution in [3.05, 3.63) is 113 Å². The van der Waals surface area contributed by atoms with Crippen LogP contribution in [0, 0.1) is 18.2 Å². The van der Waals surface area contributed by atoms with E-state index in [1.807, 2.05) is 38.1 Å². The van der Waals surface area contributed by atoms with Gasteiger partial charge in [-0.2, -0.15) is 0 Å². The number of aromatic amines is 1. The molecule has 0 aliphatic carbocycles. The summed E-state index contributed by atoms with van der Waals surface area (Å²) in [6.45, 7) is 11.4. The van der Waals surface area contributed by atoms with Crippen molar-refractivity contribution in [1.82, 2.24) is 19.9 Å². The second kappa shape index (κ2) is 12.4. The molecule has 1 aromatic carbocycles. The molecule has 41 heavy (non-hydrogen) atoms. The number of rotatable bonds is 10. The van der Waals surface area contributed by atoms with E-state index in [-0.39, 0.29) is 11.5 Å². The summed E-state index contributed by atoms with van der Waals surface area (Å²) in [5.74, 6) is -0.248. The van der Waals surface area contributed by atoms with Crippen LogP contribution in [0.4, 0.5) is 4.39 Å². The molecular formula is C34H37FN6. The predicted molar refractivity (Wildman–Crippen MR) is 166 cm³/mol. The molecule has 1 aliphatic heterocycles. The molecule has 1 fully saturated rings. The van der Waals surface area contributed by atoms with E-state index < -0.39 is 0 Å². The maximum atomic E-state index is 14.8. The Balaban J connectivity index is 1.45. The van der Waals surface area contributed by atoms with Gasteiger partial charge in [-0.15, -0.1) is 0 Å². The second-order valence-electron chi connectivity index (χ2n) is 10.8. The number of aromatic nitrogens is 3. The van der Waals surface area contributed by atoms with E-state index in [1.54, 1.807) is 36.8 Å². The number of hydrogen-bond acceptors (Lipinski definition) is 5. The Kier molecular flexibility index (Phi) is 8.55. The Morgan fingerprint density at radius 3 is 2.73 bits per heavy atom. The van der Waals surface area contributed by atoms with E-state index in [0.717, 1.165) is 52.6 Å². The van der Waals surface area contributed by atoms with Gasteiger partial charge in [0, 0.05) is 35.2 Å². The topological polar surface area (TPSA) is 94.7 Å². The largest absolute Gasteiger partial charge is 0.398 e. The Labute approximate surface area is 241 Å². The van der Waals surface area contributed by atoms with Crippen LogP contribution in [0.25, 0.3) is 27.7 Å². The highest BCUT2D eigenvalue weighted by molar-refractivity contribution is 6.15.